The summed E-state index contributed by atoms with van der Waals surface area (Å²) < 4.78 is 0. The van der Waals surface area contributed by atoms with Crippen molar-refractivity contribution in [3.8, 4) is 0 Å². The van der Waals surface area contributed by atoms with Gasteiger partial charge in [0.05, 0.1) is 0 Å². The molecular weight excluding hydrogens is 503 g/mol. The fourth-order valence-electron chi connectivity index (χ4n) is 3.85. The molecule has 3 rings (SSSR count). The maximum Gasteiger partial charge on any atom is 0.243 e. The topological polar surface area (TPSA) is 49.4 Å². The van der Waals surface area contributed by atoms with Gasteiger partial charge in [-0.25, -0.2) is 0 Å². The highest BCUT2D eigenvalue weighted by Gasteiger charge is 2.31. The molecule has 3 aromatic rings. The normalized spacial score (nSPS) is 11.8. The third kappa shape index (κ3) is 7.99. The van der Waals surface area contributed by atoms with Gasteiger partial charge in [-0.15, -0.1) is 0 Å². The number of hydrogen-bond acceptors (Lipinski definition) is 2. The number of rotatable bonds is 10. The van der Waals surface area contributed by atoms with Crippen LogP contribution in [0.1, 0.15) is 37.0 Å². The molecule has 0 aliphatic rings. The number of carbonyl (C=O) groups excluding carboxylic acids is 2. The zero-order valence-electron chi connectivity index (χ0n) is 19.8. The Morgan fingerprint density at radius 2 is 1.54 bits per heavy atom. The van der Waals surface area contributed by atoms with E-state index in [1.807, 2.05) is 62.4 Å². The van der Waals surface area contributed by atoms with Crippen LogP contribution in [-0.4, -0.2) is 28.8 Å². The monoisotopic (exact) mass is 530 g/mol. The highest BCUT2D eigenvalue weighted by atomic mass is 35.5. The lowest BCUT2D eigenvalue weighted by Gasteiger charge is -2.32. The average molecular weight is 532 g/mol. The zero-order chi connectivity index (χ0) is 25.4. The Morgan fingerprint density at radius 3 is 2.20 bits per heavy atom. The van der Waals surface area contributed by atoms with E-state index in [0.717, 1.165) is 16.7 Å². The van der Waals surface area contributed by atoms with Crippen LogP contribution in [0.2, 0.25) is 15.1 Å². The first-order chi connectivity index (χ1) is 16.7. The van der Waals surface area contributed by atoms with Crippen molar-refractivity contribution in [3.05, 3.63) is 105 Å². The number of nitrogens with one attached hydrogen (secondary N) is 1. The summed E-state index contributed by atoms with van der Waals surface area (Å²) in [5.41, 5.74) is 2.57. The van der Waals surface area contributed by atoms with Gasteiger partial charge in [0.2, 0.25) is 11.8 Å². The van der Waals surface area contributed by atoms with E-state index in [1.54, 1.807) is 29.2 Å². The minimum Gasteiger partial charge on any atom is -0.352 e. The summed E-state index contributed by atoms with van der Waals surface area (Å²) in [6, 6.07) is 21.5. The number of hydrogen-bond donors (Lipinski definition) is 1. The number of benzene rings is 3. The molecule has 0 radical (unpaired) electrons. The first-order valence-electron chi connectivity index (χ1n) is 11.6. The van der Waals surface area contributed by atoms with E-state index in [9.17, 15) is 9.59 Å². The highest BCUT2D eigenvalue weighted by molar-refractivity contribution is 6.35. The maximum atomic E-state index is 13.7. The van der Waals surface area contributed by atoms with Crippen molar-refractivity contribution < 1.29 is 9.59 Å². The predicted molar refractivity (Wildman–Crippen MR) is 144 cm³/mol. The number of amides is 2. The van der Waals surface area contributed by atoms with Crippen molar-refractivity contribution in [3.63, 3.8) is 0 Å². The molecule has 0 heterocycles. The molecule has 0 spiro atoms. The smallest absolute Gasteiger partial charge is 0.243 e. The molecule has 0 aromatic heterocycles. The summed E-state index contributed by atoms with van der Waals surface area (Å²) >= 11 is 18.9. The van der Waals surface area contributed by atoms with Gasteiger partial charge < -0.3 is 10.2 Å². The van der Waals surface area contributed by atoms with Crippen molar-refractivity contribution >= 4 is 46.6 Å². The molecule has 0 saturated heterocycles. The summed E-state index contributed by atoms with van der Waals surface area (Å²) in [5.74, 6) is -0.365. The van der Waals surface area contributed by atoms with Crippen LogP contribution in [-0.2, 0) is 29.0 Å². The third-order valence-electron chi connectivity index (χ3n) is 5.62. The number of halogens is 3. The van der Waals surface area contributed by atoms with Crippen LogP contribution in [0.4, 0.5) is 0 Å². The van der Waals surface area contributed by atoms with E-state index in [0.29, 0.717) is 27.9 Å². The van der Waals surface area contributed by atoms with E-state index in [-0.39, 0.29) is 30.8 Å². The van der Waals surface area contributed by atoms with Gasteiger partial charge in [-0.2, -0.15) is 0 Å². The van der Waals surface area contributed by atoms with Crippen molar-refractivity contribution in [1.82, 2.24) is 10.2 Å². The van der Waals surface area contributed by atoms with Gasteiger partial charge >= 0.3 is 0 Å². The van der Waals surface area contributed by atoms with Gasteiger partial charge in [0.25, 0.3) is 0 Å². The molecule has 0 aliphatic heterocycles. The van der Waals surface area contributed by atoms with Gasteiger partial charge in [0.15, 0.2) is 0 Å². The number of aryl methyl sites for hydroxylation is 1. The van der Waals surface area contributed by atoms with Crippen molar-refractivity contribution in [2.24, 2.45) is 0 Å². The van der Waals surface area contributed by atoms with Crippen LogP contribution in [0.3, 0.4) is 0 Å². The Kier molecular flexibility index (Phi) is 10.0. The Labute approximate surface area is 222 Å². The standard InChI is InChI=1S/C28H29Cl3N2O2/c1-19(2)32-28(35)26(16-20-8-4-3-5-9-20)33(18-22-12-14-23(29)17-25(22)31)27(34)15-13-21-10-6-7-11-24(21)30/h3-12,14,17,19,26H,13,15-16,18H2,1-2H3,(H,32,35)/t26-/m1/s1. The molecule has 0 saturated carbocycles. The Balaban J connectivity index is 1.95. The SMILES string of the molecule is CC(C)NC(=O)[C@@H](Cc1ccccc1)N(Cc1ccc(Cl)cc1Cl)C(=O)CCc1ccccc1Cl. The number of carbonyl (C=O) groups is 2. The molecule has 1 atom stereocenters. The first-order valence-corrected chi connectivity index (χ1v) is 12.7. The van der Waals surface area contributed by atoms with Gasteiger partial charge in [0, 0.05) is 40.5 Å². The largest absolute Gasteiger partial charge is 0.352 e. The summed E-state index contributed by atoms with van der Waals surface area (Å²) in [5, 5.41) is 4.56. The minimum atomic E-state index is -0.717. The van der Waals surface area contributed by atoms with Crippen molar-refractivity contribution in [2.45, 2.75) is 51.7 Å². The Morgan fingerprint density at radius 1 is 0.857 bits per heavy atom. The van der Waals surface area contributed by atoms with E-state index >= 15 is 0 Å². The molecule has 0 bridgehead atoms. The molecule has 0 fully saturated rings. The second kappa shape index (κ2) is 13.0. The first kappa shape index (κ1) is 27.1. The number of nitrogens with zero attached hydrogens (tertiary/aromatic N) is 1. The lowest BCUT2D eigenvalue weighted by Crippen LogP contribution is -2.51. The van der Waals surface area contributed by atoms with Gasteiger partial charge in [-0.05, 0) is 55.2 Å². The second-order valence-corrected chi connectivity index (χ2v) is 9.97. The van der Waals surface area contributed by atoms with Crippen LogP contribution >= 0.6 is 34.8 Å². The highest BCUT2D eigenvalue weighted by Crippen LogP contribution is 2.25. The summed E-state index contributed by atoms with van der Waals surface area (Å²) in [6.07, 6.45) is 1.05. The summed E-state index contributed by atoms with van der Waals surface area (Å²) in [7, 11) is 0. The Bertz CT molecular complexity index is 1150. The van der Waals surface area contributed by atoms with Crippen LogP contribution < -0.4 is 5.32 Å². The lowest BCUT2D eigenvalue weighted by molar-refractivity contribution is -0.141. The van der Waals surface area contributed by atoms with Crippen LogP contribution in [0.5, 0.6) is 0 Å². The zero-order valence-corrected chi connectivity index (χ0v) is 22.1. The van der Waals surface area contributed by atoms with Gasteiger partial charge in [-0.1, -0.05) is 89.4 Å². The van der Waals surface area contributed by atoms with Crippen LogP contribution in [0.15, 0.2) is 72.8 Å². The second-order valence-electron chi connectivity index (χ2n) is 8.72. The molecule has 4 nitrogen and oxygen atoms in total. The van der Waals surface area contributed by atoms with E-state index < -0.39 is 6.04 Å². The van der Waals surface area contributed by atoms with E-state index in [1.165, 1.54) is 0 Å². The van der Waals surface area contributed by atoms with Crippen molar-refractivity contribution in [2.75, 3.05) is 0 Å². The molecule has 35 heavy (non-hydrogen) atoms. The molecule has 0 unspecified atom stereocenters. The molecular formula is C28H29Cl3N2O2. The average Bonchev–Trinajstić information content (AvgIpc) is 2.82. The minimum absolute atomic E-state index is 0.0695. The van der Waals surface area contributed by atoms with Gasteiger partial charge in [-0.3, -0.25) is 9.59 Å². The predicted octanol–water partition coefficient (Wildman–Crippen LogP) is 6.74. The van der Waals surface area contributed by atoms with Gasteiger partial charge in [0.1, 0.15) is 6.04 Å². The maximum absolute atomic E-state index is 13.7. The third-order valence-corrected chi connectivity index (χ3v) is 6.58. The summed E-state index contributed by atoms with van der Waals surface area (Å²) in [6.45, 7) is 3.98. The van der Waals surface area contributed by atoms with E-state index in [2.05, 4.69) is 5.32 Å². The molecule has 3 aromatic carbocycles. The van der Waals surface area contributed by atoms with E-state index in [4.69, 9.17) is 34.8 Å². The van der Waals surface area contributed by atoms with Crippen LogP contribution in [0.25, 0.3) is 0 Å². The molecule has 0 aliphatic carbocycles. The molecule has 1 N–H and O–H groups in total. The fraction of sp³-hybridized carbons (Fsp3) is 0.286. The molecule has 2 amide bonds. The lowest BCUT2D eigenvalue weighted by atomic mass is 10.0. The van der Waals surface area contributed by atoms with Crippen LogP contribution in [0, 0.1) is 0 Å². The Hall–Kier alpha value is -2.53. The van der Waals surface area contributed by atoms with Crippen molar-refractivity contribution in [1.29, 1.82) is 0 Å². The molecule has 184 valence electrons. The molecule has 7 heteroatoms. The fourth-order valence-corrected chi connectivity index (χ4v) is 4.55. The summed E-state index contributed by atoms with van der Waals surface area (Å²) in [4.78, 5) is 28.7. The quantitative estimate of drug-likeness (QED) is 0.315.